The summed E-state index contributed by atoms with van der Waals surface area (Å²) in [5.74, 6) is -5.51. The molecule has 0 unspecified atom stereocenters. The lowest BCUT2D eigenvalue weighted by Crippen LogP contribution is -2.49. The number of carbonyl (C=O) groups is 3. The minimum atomic E-state index is -5.19. The van der Waals surface area contributed by atoms with Crippen molar-refractivity contribution in [1.82, 2.24) is 10.4 Å². The third kappa shape index (κ3) is 5.66. The molecule has 0 heterocycles. The number of benzene rings is 2. The highest BCUT2D eigenvalue weighted by molar-refractivity contribution is 6.53. The number of rotatable bonds is 4. The molecular weight excluding hydrogens is 564 g/mol. The first-order valence-electron chi connectivity index (χ1n) is 9.23. The van der Waals surface area contributed by atoms with E-state index in [9.17, 15) is 27.6 Å². The molecule has 2 aromatic carbocycles. The van der Waals surface area contributed by atoms with E-state index in [-0.39, 0.29) is 21.3 Å². The molecule has 0 bridgehead atoms. The van der Waals surface area contributed by atoms with Crippen LogP contribution in [0.15, 0.2) is 36.4 Å². The van der Waals surface area contributed by atoms with Crippen molar-refractivity contribution in [3.63, 3.8) is 0 Å². The first kappa shape index (κ1) is 26.7. The number of hydrogen-bond donors (Lipinski definition) is 2. The molecule has 2 atom stereocenters. The highest BCUT2D eigenvalue weighted by atomic mass is 35.5. The maximum atomic E-state index is 12.8. The van der Waals surface area contributed by atoms with Gasteiger partial charge in [0.15, 0.2) is 0 Å². The van der Waals surface area contributed by atoms with E-state index in [0.717, 1.165) is 13.1 Å². The molecule has 0 saturated heterocycles. The van der Waals surface area contributed by atoms with Gasteiger partial charge >= 0.3 is 12.1 Å². The van der Waals surface area contributed by atoms with Gasteiger partial charge in [-0.1, -0.05) is 34.8 Å². The fourth-order valence-corrected chi connectivity index (χ4v) is 4.85. The van der Waals surface area contributed by atoms with E-state index < -0.39 is 40.1 Å². The number of alkyl halides is 5. The van der Waals surface area contributed by atoms with Crippen molar-refractivity contribution >= 4 is 81.4 Å². The largest absolute Gasteiger partial charge is 0.473 e. The van der Waals surface area contributed by atoms with Crippen molar-refractivity contribution < 1.29 is 27.6 Å². The Morgan fingerprint density at radius 2 is 1.59 bits per heavy atom. The molecule has 1 saturated carbocycles. The van der Waals surface area contributed by atoms with E-state index in [2.05, 4.69) is 5.32 Å². The quantitative estimate of drug-likeness (QED) is 0.354. The molecule has 34 heavy (non-hydrogen) atoms. The molecule has 14 heteroatoms. The van der Waals surface area contributed by atoms with Gasteiger partial charge in [0.25, 0.3) is 5.91 Å². The molecule has 3 amide bonds. The Hall–Kier alpha value is -1.91. The minimum Gasteiger partial charge on any atom is -0.326 e. The lowest BCUT2D eigenvalue weighted by molar-refractivity contribution is -0.186. The van der Waals surface area contributed by atoms with Gasteiger partial charge in [0.05, 0.1) is 16.5 Å². The van der Waals surface area contributed by atoms with Crippen molar-refractivity contribution in [2.75, 3.05) is 12.4 Å². The first-order valence-corrected chi connectivity index (χ1v) is 11.1. The summed E-state index contributed by atoms with van der Waals surface area (Å²) in [6.45, 7) is 0. The number of amides is 3. The van der Waals surface area contributed by atoms with Crippen LogP contribution in [-0.2, 0) is 9.59 Å². The van der Waals surface area contributed by atoms with Crippen LogP contribution in [0, 0.1) is 5.92 Å². The van der Waals surface area contributed by atoms with Gasteiger partial charge in [0.1, 0.15) is 4.33 Å². The number of carbonyl (C=O) groups excluding carboxylic acids is 3. The highest BCUT2D eigenvalue weighted by Gasteiger charge is 2.67. The molecule has 0 radical (unpaired) electrons. The van der Waals surface area contributed by atoms with Crippen molar-refractivity contribution in [2.45, 2.75) is 16.4 Å². The molecular formula is C20H13Cl5F3N3O3. The number of anilines is 1. The molecule has 2 N–H and O–H groups in total. The lowest BCUT2D eigenvalue weighted by Gasteiger charge is -2.20. The van der Waals surface area contributed by atoms with E-state index >= 15 is 0 Å². The molecule has 1 aliphatic rings. The average molecular weight is 578 g/mol. The number of nitrogens with zero attached hydrogens (tertiary/aromatic N) is 1. The smallest absolute Gasteiger partial charge is 0.326 e. The van der Waals surface area contributed by atoms with Gasteiger partial charge in [-0.15, -0.1) is 23.2 Å². The number of nitrogens with one attached hydrogen (secondary N) is 2. The lowest BCUT2D eigenvalue weighted by atomic mass is 10.1. The van der Waals surface area contributed by atoms with Crippen molar-refractivity contribution in [1.29, 1.82) is 0 Å². The molecule has 0 spiro atoms. The van der Waals surface area contributed by atoms with E-state index in [1.165, 1.54) is 18.2 Å². The zero-order valence-electron chi connectivity index (χ0n) is 16.8. The minimum absolute atomic E-state index is 0.0236. The number of hydrazine groups is 1. The summed E-state index contributed by atoms with van der Waals surface area (Å²) in [5, 5.41) is 3.05. The molecule has 6 nitrogen and oxygen atoms in total. The van der Waals surface area contributed by atoms with Crippen LogP contribution in [0.2, 0.25) is 15.1 Å². The van der Waals surface area contributed by atoms with E-state index in [0.29, 0.717) is 15.6 Å². The van der Waals surface area contributed by atoms with Crippen LogP contribution in [0.25, 0.3) is 0 Å². The summed E-state index contributed by atoms with van der Waals surface area (Å²) in [6.07, 6.45) is -5.19. The third-order valence-corrected chi connectivity index (χ3v) is 6.58. The topological polar surface area (TPSA) is 78.5 Å². The molecule has 0 aliphatic heterocycles. The van der Waals surface area contributed by atoms with Gasteiger partial charge < -0.3 is 5.32 Å². The van der Waals surface area contributed by atoms with Crippen LogP contribution in [0.4, 0.5) is 18.9 Å². The molecule has 3 rings (SSSR count). The van der Waals surface area contributed by atoms with E-state index in [1.807, 2.05) is 0 Å². The summed E-state index contributed by atoms with van der Waals surface area (Å²) in [5.41, 5.74) is 2.12. The third-order valence-electron chi connectivity index (χ3n) is 4.87. The molecule has 0 aromatic heterocycles. The van der Waals surface area contributed by atoms with Crippen LogP contribution in [0.5, 0.6) is 0 Å². The van der Waals surface area contributed by atoms with E-state index in [4.69, 9.17) is 58.0 Å². The maximum Gasteiger partial charge on any atom is 0.473 e. The second-order valence-electron chi connectivity index (χ2n) is 7.32. The van der Waals surface area contributed by atoms with Crippen molar-refractivity contribution in [2.24, 2.45) is 5.92 Å². The van der Waals surface area contributed by atoms with Gasteiger partial charge in [-0.3, -0.25) is 19.8 Å². The Labute approximate surface area is 216 Å². The Kier molecular flexibility index (Phi) is 7.55. The van der Waals surface area contributed by atoms with Gasteiger partial charge in [0, 0.05) is 28.7 Å². The van der Waals surface area contributed by atoms with Gasteiger partial charge in [-0.2, -0.15) is 13.2 Å². The number of hydrogen-bond acceptors (Lipinski definition) is 3. The Morgan fingerprint density at radius 3 is 2.15 bits per heavy atom. The predicted molar refractivity (Wildman–Crippen MR) is 124 cm³/mol. The van der Waals surface area contributed by atoms with E-state index in [1.54, 1.807) is 17.6 Å². The van der Waals surface area contributed by atoms with Crippen LogP contribution in [0.3, 0.4) is 0 Å². The summed E-state index contributed by atoms with van der Waals surface area (Å²) < 4.78 is 36.1. The monoisotopic (exact) mass is 575 g/mol. The van der Waals surface area contributed by atoms with Gasteiger partial charge in [-0.25, -0.2) is 5.01 Å². The summed E-state index contributed by atoms with van der Waals surface area (Å²) >= 11 is 30.6. The SMILES string of the molecule is CN(NC(=O)c1cc(NC(=O)[C@H]2[C@H](c3cc(Cl)cc(Cl)c3)C2(Cl)Cl)ccc1Cl)C(=O)C(F)(F)F. The van der Waals surface area contributed by atoms with Crippen molar-refractivity contribution in [3.8, 4) is 0 Å². The predicted octanol–water partition coefficient (Wildman–Crippen LogP) is 5.84. The summed E-state index contributed by atoms with van der Waals surface area (Å²) in [6, 6.07) is 8.39. The Balaban J connectivity index is 1.75. The Morgan fingerprint density at radius 1 is 1.00 bits per heavy atom. The molecule has 1 aliphatic carbocycles. The fraction of sp³-hybridized carbons (Fsp3) is 0.250. The zero-order chi connectivity index (χ0) is 25.6. The maximum absolute atomic E-state index is 12.8. The normalized spacial score (nSPS) is 18.7. The van der Waals surface area contributed by atoms with Crippen LogP contribution < -0.4 is 10.7 Å². The second kappa shape index (κ2) is 9.62. The average Bonchev–Trinajstić information content (AvgIpc) is 3.29. The Bertz CT molecular complexity index is 1160. The van der Waals surface area contributed by atoms with Crippen LogP contribution in [-0.4, -0.2) is 40.3 Å². The first-order chi connectivity index (χ1) is 15.6. The van der Waals surface area contributed by atoms with Crippen LogP contribution in [0.1, 0.15) is 21.8 Å². The fourth-order valence-electron chi connectivity index (χ4n) is 3.27. The number of halogens is 8. The molecule has 2 aromatic rings. The van der Waals surface area contributed by atoms with Crippen LogP contribution >= 0.6 is 58.0 Å². The summed E-state index contributed by atoms with van der Waals surface area (Å²) in [4.78, 5) is 36.4. The standard InChI is InChI=1S/C20H13Cl5F3N3O3/c1-31(18(34)20(26,27)28)30-16(32)12-7-11(2-3-13(12)23)29-17(33)15-14(19(15,24)25)8-4-9(21)6-10(22)5-8/h2-7,14-15H,1H3,(H,29,33)(H,30,32)/t14-,15+/m0/s1. The molecule has 182 valence electrons. The van der Waals surface area contributed by atoms with Gasteiger partial charge in [0.2, 0.25) is 5.91 Å². The second-order valence-corrected chi connectivity index (χ2v) is 10.0. The molecule has 1 fully saturated rings. The van der Waals surface area contributed by atoms with Crippen molar-refractivity contribution in [3.05, 3.63) is 62.6 Å². The summed E-state index contributed by atoms with van der Waals surface area (Å²) in [7, 11) is 0.725. The zero-order valence-corrected chi connectivity index (χ0v) is 20.6. The van der Waals surface area contributed by atoms with Gasteiger partial charge in [-0.05, 0) is 42.0 Å². The highest BCUT2D eigenvalue weighted by Crippen LogP contribution is 2.65.